The fourth-order valence-corrected chi connectivity index (χ4v) is 7.10. The van der Waals surface area contributed by atoms with Crippen molar-refractivity contribution < 1.29 is 16.8 Å². The van der Waals surface area contributed by atoms with Crippen LogP contribution in [0.4, 0.5) is 0 Å². The van der Waals surface area contributed by atoms with Gasteiger partial charge in [-0.1, -0.05) is 0 Å². The predicted molar refractivity (Wildman–Crippen MR) is 53.0 cm³/mol. The fourth-order valence-electron chi connectivity index (χ4n) is 2.06. The van der Waals surface area contributed by atoms with Gasteiger partial charge in [0.1, 0.15) is 0 Å². The summed E-state index contributed by atoms with van der Waals surface area (Å²) in [4.78, 5) is 0.381. The number of hydrogen-bond donors (Lipinski definition) is 0. The molecule has 1 aliphatic carbocycles. The molecule has 80 valence electrons. The summed E-state index contributed by atoms with van der Waals surface area (Å²) in [6.45, 7) is 1.47. The third kappa shape index (κ3) is 1.24. The van der Waals surface area contributed by atoms with Crippen LogP contribution < -0.4 is 0 Å². The van der Waals surface area contributed by atoms with Gasteiger partial charge in [-0.05, 0) is 26.2 Å². The summed E-state index contributed by atoms with van der Waals surface area (Å²) in [5, 5.41) is -0.774. The zero-order valence-corrected chi connectivity index (χ0v) is 9.49. The van der Waals surface area contributed by atoms with Crippen molar-refractivity contribution in [2.24, 2.45) is 0 Å². The molecule has 1 heterocycles. The summed E-state index contributed by atoms with van der Waals surface area (Å²) < 4.78 is 46.8. The smallest absolute Gasteiger partial charge is 0.179 e. The van der Waals surface area contributed by atoms with Gasteiger partial charge in [-0.25, -0.2) is 16.8 Å². The molecule has 6 heteroatoms. The van der Waals surface area contributed by atoms with Crippen LogP contribution in [0.25, 0.3) is 0 Å². The van der Waals surface area contributed by atoms with Crippen LogP contribution in [0, 0.1) is 0 Å². The Kier molecular flexibility index (Phi) is 2.05. The lowest BCUT2D eigenvalue weighted by molar-refractivity contribution is 0.579. The number of allylic oxidation sites excluding steroid dienone is 2. The van der Waals surface area contributed by atoms with E-state index in [2.05, 4.69) is 0 Å². The first-order valence-corrected chi connectivity index (χ1v) is 7.74. The Labute approximate surface area is 83.8 Å². The van der Waals surface area contributed by atoms with Crippen molar-refractivity contribution in [3.63, 3.8) is 0 Å². The van der Waals surface area contributed by atoms with Crippen LogP contribution in [-0.2, 0) is 19.7 Å². The van der Waals surface area contributed by atoms with Crippen LogP contribution in [0.5, 0.6) is 0 Å². The lowest BCUT2D eigenvalue weighted by atomic mass is 10.4. The summed E-state index contributed by atoms with van der Waals surface area (Å²) in [7, 11) is -6.59. The Hall–Kier alpha value is -0.360. The van der Waals surface area contributed by atoms with Gasteiger partial charge in [-0.15, -0.1) is 0 Å². The Balaban J connectivity index is 2.73. The Morgan fingerprint density at radius 2 is 1.64 bits per heavy atom. The minimum atomic E-state index is -3.31. The van der Waals surface area contributed by atoms with Gasteiger partial charge in [0, 0.05) is 0 Å². The maximum atomic E-state index is 11.8. The van der Waals surface area contributed by atoms with Crippen LogP contribution in [0.15, 0.2) is 9.81 Å². The molecule has 1 atom stereocenters. The van der Waals surface area contributed by atoms with Crippen LogP contribution in [0.3, 0.4) is 0 Å². The summed E-state index contributed by atoms with van der Waals surface area (Å²) in [5.41, 5.74) is 0. The molecule has 0 aromatic heterocycles. The first-order chi connectivity index (χ1) is 6.36. The van der Waals surface area contributed by atoms with Gasteiger partial charge >= 0.3 is 0 Å². The van der Waals surface area contributed by atoms with Crippen molar-refractivity contribution in [1.29, 1.82) is 0 Å². The fraction of sp³-hybridized carbons (Fsp3) is 0.750. The molecule has 1 unspecified atom stereocenters. The van der Waals surface area contributed by atoms with E-state index in [1.165, 1.54) is 6.92 Å². The van der Waals surface area contributed by atoms with Crippen LogP contribution in [0.1, 0.15) is 26.2 Å². The van der Waals surface area contributed by atoms with Crippen molar-refractivity contribution in [3.8, 4) is 0 Å². The van der Waals surface area contributed by atoms with Gasteiger partial charge < -0.3 is 0 Å². The Morgan fingerprint density at radius 1 is 1.07 bits per heavy atom. The van der Waals surface area contributed by atoms with E-state index < -0.39 is 24.9 Å². The van der Waals surface area contributed by atoms with Crippen molar-refractivity contribution >= 4 is 19.7 Å². The molecule has 2 aliphatic rings. The summed E-state index contributed by atoms with van der Waals surface area (Å²) in [6, 6.07) is 0. The number of sulfone groups is 2. The maximum absolute atomic E-state index is 11.8. The minimum absolute atomic E-state index is 0.190. The lowest BCUT2D eigenvalue weighted by Gasteiger charge is -2.21. The van der Waals surface area contributed by atoms with E-state index in [4.69, 9.17) is 0 Å². The molecule has 1 aliphatic heterocycles. The normalized spacial score (nSPS) is 34.2. The second kappa shape index (κ2) is 2.82. The quantitative estimate of drug-likeness (QED) is 0.618. The van der Waals surface area contributed by atoms with Gasteiger partial charge in [0.2, 0.25) is 0 Å². The monoisotopic (exact) mass is 236 g/mol. The Bertz CT molecular complexity index is 495. The predicted octanol–water partition coefficient (Wildman–Crippen LogP) is 0.614. The molecule has 14 heavy (non-hydrogen) atoms. The molecular formula is C8H12O4S2. The summed E-state index contributed by atoms with van der Waals surface area (Å²) in [5.74, 6) is -0.242. The van der Waals surface area contributed by atoms with Gasteiger partial charge in [-0.3, -0.25) is 0 Å². The van der Waals surface area contributed by atoms with E-state index in [0.29, 0.717) is 19.3 Å². The first kappa shape index (κ1) is 10.2. The molecule has 0 saturated carbocycles. The number of hydrogen-bond acceptors (Lipinski definition) is 4. The largest absolute Gasteiger partial charge is 0.224 e. The molecule has 0 aromatic rings. The SMILES string of the molecule is CC1CS(=O)(=O)C2=C(CCC2)S1(=O)=O. The lowest BCUT2D eigenvalue weighted by Crippen LogP contribution is -2.33. The molecule has 0 saturated heterocycles. The van der Waals surface area contributed by atoms with E-state index in [0.717, 1.165) is 0 Å². The number of rotatable bonds is 0. The first-order valence-electron chi connectivity index (χ1n) is 4.54. The summed E-state index contributed by atoms with van der Waals surface area (Å²) in [6.07, 6.45) is 1.46. The van der Waals surface area contributed by atoms with Crippen LogP contribution in [-0.4, -0.2) is 27.8 Å². The molecule has 0 amide bonds. The molecule has 0 radical (unpaired) electrons. The van der Waals surface area contributed by atoms with Gasteiger partial charge in [0.05, 0.1) is 20.8 Å². The van der Waals surface area contributed by atoms with E-state index in [-0.39, 0.29) is 15.6 Å². The summed E-state index contributed by atoms with van der Waals surface area (Å²) >= 11 is 0. The van der Waals surface area contributed by atoms with E-state index in [1.807, 2.05) is 0 Å². The highest BCUT2D eigenvalue weighted by Gasteiger charge is 2.42. The topological polar surface area (TPSA) is 68.3 Å². The molecule has 4 nitrogen and oxygen atoms in total. The van der Waals surface area contributed by atoms with Crippen molar-refractivity contribution in [3.05, 3.63) is 9.81 Å². The zero-order chi connectivity index (χ0) is 10.6. The third-order valence-electron chi connectivity index (χ3n) is 2.82. The van der Waals surface area contributed by atoms with Crippen LogP contribution >= 0.6 is 0 Å². The van der Waals surface area contributed by atoms with E-state index >= 15 is 0 Å². The van der Waals surface area contributed by atoms with Gasteiger partial charge in [-0.2, -0.15) is 0 Å². The molecule has 0 spiro atoms. The molecule has 2 rings (SSSR count). The second-order valence-electron chi connectivity index (χ2n) is 3.84. The average Bonchev–Trinajstić information content (AvgIpc) is 2.49. The highest BCUT2D eigenvalue weighted by atomic mass is 32.2. The molecular weight excluding hydrogens is 224 g/mol. The maximum Gasteiger partial charge on any atom is 0.179 e. The van der Waals surface area contributed by atoms with Crippen molar-refractivity contribution in [2.45, 2.75) is 31.4 Å². The standard InChI is InChI=1S/C8H12O4S2/c1-6-5-13(9,10)7-3-2-4-8(7)14(6,11)12/h6H,2-5H2,1H3. The Morgan fingerprint density at radius 3 is 2.29 bits per heavy atom. The highest BCUT2D eigenvalue weighted by molar-refractivity contribution is 8.02. The molecule has 0 aromatic carbocycles. The van der Waals surface area contributed by atoms with Crippen LogP contribution in [0.2, 0.25) is 0 Å². The zero-order valence-electron chi connectivity index (χ0n) is 7.86. The highest BCUT2D eigenvalue weighted by Crippen LogP contribution is 2.39. The molecule has 0 bridgehead atoms. The van der Waals surface area contributed by atoms with Crippen molar-refractivity contribution in [1.82, 2.24) is 0 Å². The average molecular weight is 236 g/mol. The molecule has 0 fully saturated rings. The van der Waals surface area contributed by atoms with Crippen molar-refractivity contribution in [2.75, 3.05) is 5.75 Å². The van der Waals surface area contributed by atoms with E-state index in [1.54, 1.807) is 0 Å². The van der Waals surface area contributed by atoms with E-state index in [9.17, 15) is 16.8 Å². The van der Waals surface area contributed by atoms with Gasteiger partial charge in [0.15, 0.2) is 19.7 Å². The molecule has 0 N–H and O–H groups in total. The third-order valence-corrected chi connectivity index (χ3v) is 7.67. The minimum Gasteiger partial charge on any atom is -0.224 e. The van der Waals surface area contributed by atoms with Gasteiger partial charge in [0.25, 0.3) is 0 Å². The second-order valence-corrected chi connectivity index (χ2v) is 8.28.